The Hall–Kier alpha value is -2.38. The third-order valence-electron chi connectivity index (χ3n) is 5.34. The van der Waals surface area contributed by atoms with Gasteiger partial charge in [-0.3, -0.25) is 0 Å². The highest BCUT2D eigenvalue weighted by Gasteiger charge is 2.39. The van der Waals surface area contributed by atoms with Crippen molar-refractivity contribution in [3.63, 3.8) is 0 Å². The molecule has 3 rings (SSSR count). The van der Waals surface area contributed by atoms with E-state index >= 15 is 0 Å². The summed E-state index contributed by atoms with van der Waals surface area (Å²) >= 11 is 0. The highest BCUT2D eigenvalue weighted by atomic mass is 15.0. The van der Waals surface area contributed by atoms with Crippen molar-refractivity contribution in [2.24, 2.45) is 0 Å². The van der Waals surface area contributed by atoms with E-state index in [9.17, 15) is 0 Å². The maximum atomic E-state index is 3.97. The molecule has 0 heterocycles. The molecule has 0 aliphatic rings. The van der Waals surface area contributed by atoms with Crippen LogP contribution in [0.25, 0.3) is 0 Å². The summed E-state index contributed by atoms with van der Waals surface area (Å²) in [7, 11) is 0. The lowest BCUT2D eigenvalue weighted by Gasteiger charge is -2.42. The van der Waals surface area contributed by atoms with Crippen molar-refractivity contribution in [2.75, 3.05) is 6.54 Å². The molecule has 0 amide bonds. The Balaban J connectivity index is 2.17. The van der Waals surface area contributed by atoms with E-state index in [1.54, 1.807) is 0 Å². The largest absolute Gasteiger partial charge is 0.303 e. The van der Waals surface area contributed by atoms with Crippen molar-refractivity contribution >= 4 is 0 Å². The quantitative estimate of drug-likeness (QED) is 0.486. The summed E-state index contributed by atoms with van der Waals surface area (Å²) in [6.07, 6.45) is 2.36. The van der Waals surface area contributed by atoms with Gasteiger partial charge in [0.2, 0.25) is 0 Å². The number of unbranched alkanes of at least 4 members (excludes halogenated alkanes) is 1. The van der Waals surface area contributed by atoms with Crippen LogP contribution in [0.3, 0.4) is 0 Å². The molecule has 0 aliphatic carbocycles. The van der Waals surface area contributed by atoms with Gasteiger partial charge in [0.1, 0.15) is 0 Å². The van der Waals surface area contributed by atoms with Crippen LogP contribution in [-0.2, 0) is 5.54 Å². The zero-order valence-electron chi connectivity index (χ0n) is 15.9. The van der Waals surface area contributed by atoms with Gasteiger partial charge in [-0.05, 0) is 29.7 Å². The van der Waals surface area contributed by atoms with Crippen LogP contribution in [0.2, 0.25) is 0 Å². The van der Waals surface area contributed by atoms with Crippen LogP contribution >= 0.6 is 0 Å². The Bertz CT molecular complexity index is 726. The second-order valence-electron chi connectivity index (χ2n) is 6.95. The Morgan fingerprint density at radius 2 is 1.19 bits per heavy atom. The fourth-order valence-corrected chi connectivity index (χ4v) is 3.88. The Kier molecular flexibility index (Phi) is 6.25. The zero-order valence-corrected chi connectivity index (χ0v) is 15.9. The molecule has 0 aliphatic heterocycles. The summed E-state index contributed by atoms with van der Waals surface area (Å²) in [5.41, 5.74) is 3.74. The van der Waals surface area contributed by atoms with E-state index in [0.29, 0.717) is 5.92 Å². The topological polar surface area (TPSA) is 12.0 Å². The molecule has 1 nitrogen and oxygen atoms in total. The van der Waals surface area contributed by atoms with Gasteiger partial charge in [-0.15, -0.1) is 0 Å². The van der Waals surface area contributed by atoms with Gasteiger partial charge >= 0.3 is 0 Å². The van der Waals surface area contributed by atoms with Crippen LogP contribution in [0.4, 0.5) is 0 Å². The molecule has 0 saturated carbocycles. The van der Waals surface area contributed by atoms with E-state index < -0.39 is 0 Å². The first-order valence-electron chi connectivity index (χ1n) is 9.70. The van der Waals surface area contributed by atoms with Gasteiger partial charge in [-0.2, -0.15) is 0 Å². The number of benzene rings is 3. The van der Waals surface area contributed by atoms with Gasteiger partial charge in [-0.1, -0.05) is 111 Å². The maximum absolute atomic E-state index is 3.97. The molecule has 0 radical (unpaired) electrons. The first-order chi connectivity index (χ1) is 12.8. The normalized spacial score (nSPS) is 12.7. The molecule has 1 atom stereocenters. The fraction of sp³-hybridized carbons (Fsp3) is 0.280. The van der Waals surface area contributed by atoms with Gasteiger partial charge in [0.15, 0.2) is 0 Å². The summed E-state index contributed by atoms with van der Waals surface area (Å²) in [5, 5.41) is 3.97. The van der Waals surface area contributed by atoms with Crippen LogP contribution in [0.1, 0.15) is 49.3 Å². The van der Waals surface area contributed by atoms with Crippen LogP contribution < -0.4 is 5.32 Å². The second-order valence-corrected chi connectivity index (χ2v) is 6.95. The molecule has 1 heteroatoms. The SMILES string of the molecule is CCCCNC(c1ccccc1)(c1ccccc1)C(C)c1ccccc1. The van der Waals surface area contributed by atoms with Crippen molar-refractivity contribution < 1.29 is 0 Å². The first-order valence-corrected chi connectivity index (χ1v) is 9.70. The third kappa shape index (κ3) is 3.73. The first kappa shape index (κ1) is 18.4. The summed E-state index contributed by atoms with van der Waals surface area (Å²) in [6, 6.07) is 32.6. The van der Waals surface area contributed by atoms with Crippen molar-refractivity contribution in [3.8, 4) is 0 Å². The third-order valence-corrected chi connectivity index (χ3v) is 5.34. The molecule has 0 fully saturated rings. The minimum atomic E-state index is -0.251. The molecule has 0 bridgehead atoms. The number of rotatable bonds is 8. The Morgan fingerprint density at radius 3 is 1.65 bits per heavy atom. The molecular formula is C25H29N. The minimum Gasteiger partial charge on any atom is -0.303 e. The predicted molar refractivity (Wildman–Crippen MR) is 111 cm³/mol. The monoisotopic (exact) mass is 343 g/mol. The van der Waals surface area contributed by atoms with E-state index in [2.05, 4.69) is 110 Å². The molecule has 1 unspecified atom stereocenters. The molecular weight excluding hydrogens is 314 g/mol. The average molecular weight is 344 g/mol. The van der Waals surface area contributed by atoms with Crippen LogP contribution in [0.15, 0.2) is 91.0 Å². The van der Waals surface area contributed by atoms with Gasteiger partial charge < -0.3 is 5.32 Å². The molecule has 134 valence electrons. The molecule has 0 aromatic heterocycles. The van der Waals surface area contributed by atoms with E-state index in [-0.39, 0.29) is 5.54 Å². The lowest BCUT2D eigenvalue weighted by atomic mass is 9.71. The van der Waals surface area contributed by atoms with Crippen LogP contribution in [0, 0.1) is 0 Å². The average Bonchev–Trinajstić information content (AvgIpc) is 2.73. The maximum Gasteiger partial charge on any atom is 0.0757 e. The van der Waals surface area contributed by atoms with E-state index in [0.717, 1.165) is 6.54 Å². The number of hydrogen-bond donors (Lipinski definition) is 1. The summed E-state index contributed by atoms with van der Waals surface area (Å²) in [5.74, 6) is 0.297. The molecule has 0 spiro atoms. The van der Waals surface area contributed by atoms with Crippen LogP contribution in [0.5, 0.6) is 0 Å². The Labute approximate surface area is 158 Å². The lowest BCUT2D eigenvalue weighted by Crippen LogP contribution is -2.48. The van der Waals surface area contributed by atoms with E-state index in [1.807, 2.05) is 0 Å². The summed E-state index contributed by atoms with van der Waals surface area (Å²) < 4.78 is 0. The highest BCUT2D eigenvalue weighted by molar-refractivity contribution is 5.43. The number of hydrogen-bond acceptors (Lipinski definition) is 1. The van der Waals surface area contributed by atoms with E-state index in [4.69, 9.17) is 0 Å². The lowest BCUT2D eigenvalue weighted by molar-refractivity contribution is 0.339. The van der Waals surface area contributed by atoms with Crippen molar-refractivity contribution in [3.05, 3.63) is 108 Å². The Morgan fingerprint density at radius 1 is 0.731 bits per heavy atom. The standard InChI is InChI=1S/C25H29N/c1-3-4-20-26-25(23-16-10-6-11-17-23,24-18-12-7-13-19-24)21(2)22-14-8-5-9-15-22/h5-19,21,26H,3-4,20H2,1-2H3. The van der Waals surface area contributed by atoms with Crippen molar-refractivity contribution in [2.45, 2.75) is 38.1 Å². The molecule has 3 aromatic rings. The van der Waals surface area contributed by atoms with Gasteiger partial charge in [-0.25, -0.2) is 0 Å². The summed E-state index contributed by atoms with van der Waals surface area (Å²) in [4.78, 5) is 0. The smallest absolute Gasteiger partial charge is 0.0757 e. The van der Waals surface area contributed by atoms with Gasteiger partial charge in [0.05, 0.1) is 5.54 Å². The van der Waals surface area contributed by atoms with Gasteiger partial charge in [0.25, 0.3) is 0 Å². The van der Waals surface area contributed by atoms with E-state index in [1.165, 1.54) is 29.5 Å². The number of nitrogens with one attached hydrogen (secondary N) is 1. The molecule has 26 heavy (non-hydrogen) atoms. The van der Waals surface area contributed by atoms with Crippen molar-refractivity contribution in [1.82, 2.24) is 5.32 Å². The predicted octanol–water partition coefficient (Wildman–Crippen LogP) is 6.12. The van der Waals surface area contributed by atoms with Crippen molar-refractivity contribution in [1.29, 1.82) is 0 Å². The second kappa shape index (κ2) is 8.82. The minimum absolute atomic E-state index is 0.251. The zero-order chi connectivity index (χ0) is 18.2. The molecule has 1 N–H and O–H groups in total. The molecule has 3 aromatic carbocycles. The van der Waals surface area contributed by atoms with Crippen LogP contribution in [-0.4, -0.2) is 6.54 Å². The summed E-state index contributed by atoms with van der Waals surface area (Å²) in [6.45, 7) is 5.58. The van der Waals surface area contributed by atoms with Gasteiger partial charge in [0, 0.05) is 5.92 Å². The highest BCUT2D eigenvalue weighted by Crippen LogP contribution is 2.42. The molecule has 0 saturated heterocycles. The fourth-order valence-electron chi connectivity index (χ4n) is 3.88.